The number of hydrogen-bond donors (Lipinski definition) is 0. The predicted molar refractivity (Wildman–Crippen MR) is 127 cm³/mol. The SMILES string of the molecule is CC(CC1CCC(c2cc(F)c(C(=O)Oc3cc(F)c(C#N)c(F)c3)c(F)c2)CC1)c1ccccc1. The molecular weight excluding hydrogens is 470 g/mol. The van der Waals surface area contributed by atoms with Crippen molar-refractivity contribution in [1.29, 1.82) is 5.26 Å². The van der Waals surface area contributed by atoms with E-state index in [1.807, 2.05) is 18.2 Å². The molecule has 0 amide bonds. The Morgan fingerprint density at radius 3 is 2.08 bits per heavy atom. The fraction of sp³-hybridized carbons (Fsp3) is 0.310. The molecule has 0 bridgehead atoms. The maximum atomic E-state index is 14.8. The molecule has 1 unspecified atom stereocenters. The molecule has 0 aliphatic heterocycles. The van der Waals surface area contributed by atoms with Crippen molar-refractivity contribution < 1.29 is 27.1 Å². The van der Waals surface area contributed by atoms with Crippen LogP contribution in [0, 0.1) is 40.5 Å². The number of carbonyl (C=O) groups excluding carboxylic acids is 1. The standard InChI is InChI=1S/C29H25F4NO2/c1-17(19-5-3-2-4-6-19)11-18-7-9-20(10-8-18)21-12-26(32)28(27(33)13-21)29(35)36-22-14-24(30)23(16-34)25(31)15-22/h2-6,12-15,17-18,20H,7-11H2,1H3. The number of ether oxygens (including phenoxy) is 1. The molecule has 1 saturated carbocycles. The van der Waals surface area contributed by atoms with Crippen molar-refractivity contribution in [1.82, 2.24) is 0 Å². The predicted octanol–water partition coefficient (Wildman–Crippen LogP) is 7.80. The van der Waals surface area contributed by atoms with E-state index in [0.717, 1.165) is 44.2 Å². The van der Waals surface area contributed by atoms with E-state index in [1.54, 1.807) is 0 Å². The number of rotatable bonds is 6. The second-order valence-electron chi connectivity index (χ2n) is 9.39. The van der Waals surface area contributed by atoms with Crippen LogP contribution in [0.15, 0.2) is 54.6 Å². The summed E-state index contributed by atoms with van der Waals surface area (Å²) in [5.41, 5.74) is -0.000603. The van der Waals surface area contributed by atoms with Gasteiger partial charge in [0.15, 0.2) is 0 Å². The molecule has 0 spiro atoms. The number of esters is 1. The topological polar surface area (TPSA) is 50.1 Å². The van der Waals surface area contributed by atoms with Gasteiger partial charge in [-0.05, 0) is 73.1 Å². The Hall–Kier alpha value is -3.66. The summed E-state index contributed by atoms with van der Waals surface area (Å²) in [6.07, 6.45) is 4.54. The summed E-state index contributed by atoms with van der Waals surface area (Å²) in [5.74, 6) is -5.74. The maximum absolute atomic E-state index is 14.8. The van der Waals surface area contributed by atoms with E-state index < -0.39 is 46.1 Å². The zero-order valence-corrected chi connectivity index (χ0v) is 19.7. The summed E-state index contributed by atoms with van der Waals surface area (Å²) in [7, 11) is 0. The number of carbonyl (C=O) groups is 1. The summed E-state index contributed by atoms with van der Waals surface area (Å²) in [4.78, 5) is 12.4. The van der Waals surface area contributed by atoms with Crippen LogP contribution in [0.4, 0.5) is 17.6 Å². The van der Waals surface area contributed by atoms with Crippen molar-refractivity contribution in [2.24, 2.45) is 5.92 Å². The smallest absolute Gasteiger partial charge is 0.349 e. The molecule has 3 aromatic carbocycles. The minimum Gasteiger partial charge on any atom is -0.423 e. The van der Waals surface area contributed by atoms with E-state index in [4.69, 9.17) is 10.00 Å². The molecule has 3 nitrogen and oxygen atoms in total. The number of halogens is 4. The van der Waals surface area contributed by atoms with E-state index >= 15 is 0 Å². The van der Waals surface area contributed by atoms with Gasteiger partial charge in [-0.25, -0.2) is 22.4 Å². The van der Waals surface area contributed by atoms with Crippen LogP contribution < -0.4 is 4.74 Å². The van der Waals surface area contributed by atoms with Crippen molar-refractivity contribution in [3.63, 3.8) is 0 Å². The van der Waals surface area contributed by atoms with E-state index in [1.165, 1.54) is 11.6 Å². The van der Waals surface area contributed by atoms with Gasteiger partial charge in [0, 0.05) is 12.1 Å². The minimum atomic E-state index is -1.42. The van der Waals surface area contributed by atoms with Gasteiger partial charge in [0.05, 0.1) is 0 Å². The first-order chi connectivity index (χ1) is 17.3. The molecule has 4 rings (SSSR count). The molecule has 3 aromatic rings. The van der Waals surface area contributed by atoms with Gasteiger partial charge in [0.2, 0.25) is 0 Å². The Kier molecular flexibility index (Phi) is 7.73. The van der Waals surface area contributed by atoms with Crippen molar-refractivity contribution in [2.45, 2.75) is 50.9 Å². The molecule has 0 radical (unpaired) electrons. The summed E-state index contributed by atoms with van der Waals surface area (Å²) in [5, 5.41) is 8.72. The van der Waals surface area contributed by atoms with Crippen LogP contribution in [-0.4, -0.2) is 5.97 Å². The number of nitrogens with zero attached hydrogens (tertiary/aromatic N) is 1. The first-order valence-electron chi connectivity index (χ1n) is 11.9. The van der Waals surface area contributed by atoms with Gasteiger partial charge in [-0.2, -0.15) is 5.26 Å². The maximum Gasteiger partial charge on any atom is 0.349 e. The third-order valence-electron chi connectivity index (χ3n) is 6.98. The highest BCUT2D eigenvalue weighted by molar-refractivity contribution is 5.91. The highest BCUT2D eigenvalue weighted by Crippen LogP contribution is 2.40. The van der Waals surface area contributed by atoms with Gasteiger partial charge < -0.3 is 4.74 Å². The van der Waals surface area contributed by atoms with Crippen LogP contribution in [0.2, 0.25) is 0 Å². The molecule has 36 heavy (non-hydrogen) atoms. The van der Waals surface area contributed by atoms with E-state index in [2.05, 4.69) is 19.1 Å². The molecule has 1 aliphatic carbocycles. The lowest BCUT2D eigenvalue weighted by atomic mass is 9.75. The lowest BCUT2D eigenvalue weighted by Crippen LogP contribution is -2.17. The molecular formula is C29H25F4NO2. The fourth-order valence-corrected chi connectivity index (χ4v) is 5.05. The fourth-order valence-electron chi connectivity index (χ4n) is 5.05. The van der Waals surface area contributed by atoms with Crippen LogP contribution in [0.5, 0.6) is 5.75 Å². The molecule has 1 aliphatic rings. The van der Waals surface area contributed by atoms with Crippen LogP contribution in [0.3, 0.4) is 0 Å². The van der Waals surface area contributed by atoms with Crippen molar-refractivity contribution in [3.8, 4) is 11.8 Å². The monoisotopic (exact) mass is 495 g/mol. The first kappa shape index (κ1) is 25.4. The average molecular weight is 496 g/mol. The largest absolute Gasteiger partial charge is 0.423 e. The number of benzene rings is 3. The Morgan fingerprint density at radius 2 is 1.53 bits per heavy atom. The molecule has 0 aromatic heterocycles. The molecule has 0 saturated heterocycles. The van der Waals surface area contributed by atoms with E-state index in [0.29, 0.717) is 29.5 Å². The Bertz CT molecular complexity index is 1250. The van der Waals surface area contributed by atoms with Crippen LogP contribution in [0.25, 0.3) is 0 Å². The van der Waals surface area contributed by atoms with E-state index in [-0.39, 0.29) is 5.92 Å². The van der Waals surface area contributed by atoms with Gasteiger partial charge in [0.25, 0.3) is 0 Å². The molecule has 7 heteroatoms. The minimum absolute atomic E-state index is 0.0240. The highest BCUT2D eigenvalue weighted by atomic mass is 19.1. The Labute approximate surface area is 207 Å². The summed E-state index contributed by atoms with van der Waals surface area (Å²) in [6.45, 7) is 2.21. The molecule has 1 fully saturated rings. The highest BCUT2D eigenvalue weighted by Gasteiger charge is 2.28. The van der Waals surface area contributed by atoms with Gasteiger partial charge in [0.1, 0.15) is 46.2 Å². The molecule has 0 N–H and O–H groups in total. The quantitative estimate of drug-likeness (QED) is 0.199. The molecule has 186 valence electrons. The lowest BCUT2D eigenvalue weighted by molar-refractivity contribution is 0.0723. The molecule has 1 atom stereocenters. The van der Waals surface area contributed by atoms with Crippen molar-refractivity contribution >= 4 is 5.97 Å². The van der Waals surface area contributed by atoms with Crippen LogP contribution >= 0.6 is 0 Å². The summed E-state index contributed by atoms with van der Waals surface area (Å²) >= 11 is 0. The first-order valence-corrected chi connectivity index (χ1v) is 11.9. The van der Waals surface area contributed by atoms with Crippen molar-refractivity contribution in [3.05, 3.63) is 100 Å². The Balaban J connectivity index is 1.41. The normalized spacial score (nSPS) is 18.3. The van der Waals surface area contributed by atoms with Gasteiger partial charge >= 0.3 is 5.97 Å². The van der Waals surface area contributed by atoms with Gasteiger partial charge in [-0.15, -0.1) is 0 Å². The third-order valence-corrected chi connectivity index (χ3v) is 6.98. The van der Waals surface area contributed by atoms with Gasteiger partial charge in [-0.1, -0.05) is 37.3 Å². The van der Waals surface area contributed by atoms with Crippen LogP contribution in [-0.2, 0) is 0 Å². The second-order valence-corrected chi connectivity index (χ2v) is 9.39. The summed E-state index contributed by atoms with van der Waals surface area (Å²) in [6, 6.07) is 15.2. The number of hydrogen-bond acceptors (Lipinski definition) is 3. The summed E-state index contributed by atoms with van der Waals surface area (Å²) < 4.78 is 61.9. The van der Waals surface area contributed by atoms with E-state index in [9.17, 15) is 22.4 Å². The molecule has 0 heterocycles. The zero-order valence-electron chi connectivity index (χ0n) is 19.7. The number of nitriles is 1. The van der Waals surface area contributed by atoms with Crippen molar-refractivity contribution in [2.75, 3.05) is 0 Å². The lowest BCUT2D eigenvalue weighted by Gasteiger charge is -2.30. The zero-order chi connectivity index (χ0) is 25.8. The van der Waals surface area contributed by atoms with Crippen LogP contribution in [0.1, 0.15) is 77.9 Å². The van der Waals surface area contributed by atoms with Gasteiger partial charge in [-0.3, -0.25) is 0 Å². The Morgan fingerprint density at radius 1 is 0.944 bits per heavy atom. The second kappa shape index (κ2) is 10.9. The third kappa shape index (κ3) is 5.59. The average Bonchev–Trinajstić information content (AvgIpc) is 2.84.